The highest BCUT2D eigenvalue weighted by Crippen LogP contribution is 2.22. The number of sulfone groups is 1. The van der Waals surface area contributed by atoms with E-state index in [9.17, 15) is 13.2 Å². The lowest BCUT2D eigenvalue weighted by molar-refractivity contribution is 0.126. The summed E-state index contributed by atoms with van der Waals surface area (Å²) in [7, 11) is -3.20. The van der Waals surface area contributed by atoms with Gasteiger partial charge in [-0.3, -0.25) is 0 Å². The van der Waals surface area contributed by atoms with Crippen LogP contribution in [0.1, 0.15) is 12.8 Å². The average Bonchev–Trinajstić information content (AvgIpc) is 2.66. The molecule has 1 fully saturated rings. The topological polar surface area (TPSA) is 99.6 Å². The van der Waals surface area contributed by atoms with Crippen molar-refractivity contribution in [2.24, 2.45) is 5.92 Å². The second-order valence-electron chi connectivity index (χ2n) is 6.82. The summed E-state index contributed by atoms with van der Waals surface area (Å²) in [4.78, 5) is 17.1. The maximum absolute atomic E-state index is 11.5. The molecule has 1 aromatic carbocycles. The fraction of sp³-hybridized carbons (Fsp3) is 0.368. The van der Waals surface area contributed by atoms with Crippen LogP contribution in [0.5, 0.6) is 0 Å². The second-order valence-corrected chi connectivity index (χ2v) is 8.84. The highest BCUT2D eigenvalue weighted by molar-refractivity contribution is 7.90. The molecule has 27 heavy (non-hydrogen) atoms. The largest absolute Gasteiger partial charge is 0.465 e. The van der Waals surface area contributed by atoms with Gasteiger partial charge in [0.1, 0.15) is 5.82 Å². The van der Waals surface area contributed by atoms with Gasteiger partial charge in [-0.05, 0) is 48.6 Å². The number of nitrogens with zero attached hydrogens (tertiary/aromatic N) is 2. The van der Waals surface area contributed by atoms with Crippen molar-refractivity contribution in [3.8, 4) is 11.1 Å². The van der Waals surface area contributed by atoms with Crippen LogP contribution in [0.25, 0.3) is 11.1 Å². The molecular formula is C19H23N3O4S. The minimum absolute atomic E-state index is 0.298. The van der Waals surface area contributed by atoms with Crippen LogP contribution in [0, 0.1) is 5.92 Å². The van der Waals surface area contributed by atoms with E-state index in [1.165, 1.54) is 11.2 Å². The summed E-state index contributed by atoms with van der Waals surface area (Å²) in [5.74, 6) is 1.21. The highest BCUT2D eigenvalue weighted by Gasteiger charge is 2.22. The number of likely N-dealkylation sites (tertiary alicyclic amines) is 1. The van der Waals surface area contributed by atoms with Crippen LogP contribution in [-0.2, 0) is 9.84 Å². The molecule has 0 atom stereocenters. The molecule has 3 rings (SSSR count). The Bertz CT molecular complexity index is 888. The third-order valence-corrected chi connectivity index (χ3v) is 5.96. The number of pyridine rings is 1. The number of carbonyl (C=O) groups is 1. The van der Waals surface area contributed by atoms with E-state index in [4.69, 9.17) is 5.11 Å². The summed E-state index contributed by atoms with van der Waals surface area (Å²) in [5.41, 5.74) is 1.82. The van der Waals surface area contributed by atoms with Crippen molar-refractivity contribution in [2.75, 3.05) is 31.2 Å². The van der Waals surface area contributed by atoms with Gasteiger partial charge in [0.15, 0.2) is 9.84 Å². The maximum atomic E-state index is 11.5. The minimum Gasteiger partial charge on any atom is -0.465 e. The van der Waals surface area contributed by atoms with E-state index in [1.54, 1.807) is 30.5 Å². The van der Waals surface area contributed by atoms with E-state index in [1.807, 2.05) is 12.1 Å². The van der Waals surface area contributed by atoms with E-state index < -0.39 is 15.9 Å². The maximum Gasteiger partial charge on any atom is 0.407 e. The van der Waals surface area contributed by atoms with Crippen molar-refractivity contribution in [1.29, 1.82) is 0 Å². The predicted octanol–water partition coefficient (Wildman–Crippen LogP) is 2.95. The summed E-state index contributed by atoms with van der Waals surface area (Å²) in [5, 5.41) is 12.3. The molecule has 1 aliphatic heterocycles. The zero-order chi connectivity index (χ0) is 19.4. The van der Waals surface area contributed by atoms with Gasteiger partial charge in [-0.25, -0.2) is 18.2 Å². The molecule has 0 spiro atoms. The first-order chi connectivity index (χ1) is 12.8. The number of benzene rings is 1. The van der Waals surface area contributed by atoms with Gasteiger partial charge in [0.25, 0.3) is 0 Å². The Morgan fingerprint density at radius 1 is 1.15 bits per heavy atom. The van der Waals surface area contributed by atoms with Gasteiger partial charge in [-0.1, -0.05) is 12.1 Å². The summed E-state index contributed by atoms with van der Waals surface area (Å²) < 4.78 is 23.1. The quantitative estimate of drug-likeness (QED) is 0.816. The van der Waals surface area contributed by atoms with Crippen LogP contribution < -0.4 is 5.32 Å². The van der Waals surface area contributed by atoms with Gasteiger partial charge in [0.05, 0.1) is 4.90 Å². The van der Waals surface area contributed by atoms with Crippen LogP contribution in [0.2, 0.25) is 0 Å². The minimum atomic E-state index is -3.20. The molecule has 2 heterocycles. The van der Waals surface area contributed by atoms with Gasteiger partial charge in [0.2, 0.25) is 0 Å². The van der Waals surface area contributed by atoms with Crippen LogP contribution >= 0.6 is 0 Å². The lowest BCUT2D eigenvalue weighted by atomic mass is 9.97. The Balaban J connectivity index is 1.55. The molecule has 0 unspecified atom stereocenters. The first-order valence-corrected chi connectivity index (χ1v) is 10.7. The number of carboxylic acid groups (broad SMARTS) is 1. The molecule has 8 heteroatoms. The Labute approximate surface area is 159 Å². The lowest BCUT2D eigenvalue weighted by Gasteiger charge is -2.30. The zero-order valence-electron chi connectivity index (χ0n) is 15.1. The molecule has 0 saturated carbocycles. The highest BCUT2D eigenvalue weighted by atomic mass is 32.2. The van der Waals surface area contributed by atoms with Gasteiger partial charge in [0, 0.05) is 37.7 Å². The van der Waals surface area contributed by atoms with E-state index >= 15 is 0 Å². The number of hydrogen-bond acceptors (Lipinski definition) is 5. The van der Waals surface area contributed by atoms with Crippen LogP contribution in [0.4, 0.5) is 10.6 Å². The zero-order valence-corrected chi connectivity index (χ0v) is 15.9. The van der Waals surface area contributed by atoms with Gasteiger partial charge < -0.3 is 15.3 Å². The van der Waals surface area contributed by atoms with Crippen LogP contribution in [0.15, 0.2) is 47.5 Å². The Morgan fingerprint density at radius 2 is 1.78 bits per heavy atom. The summed E-state index contributed by atoms with van der Waals surface area (Å²) in [6.07, 6.45) is 3.80. The van der Waals surface area contributed by atoms with Crippen molar-refractivity contribution in [3.05, 3.63) is 42.6 Å². The number of piperidine rings is 1. The first-order valence-electron chi connectivity index (χ1n) is 8.81. The molecule has 1 aromatic heterocycles. The molecule has 7 nitrogen and oxygen atoms in total. The third-order valence-electron chi connectivity index (χ3n) is 4.84. The average molecular weight is 389 g/mol. The van der Waals surface area contributed by atoms with Gasteiger partial charge >= 0.3 is 6.09 Å². The molecule has 1 amide bonds. The number of amides is 1. The van der Waals surface area contributed by atoms with E-state index in [-0.39, 0.29) is 0 Å². The standard InChI is InChI=1S/C19H23N3O4S/c1-27(25,26)17-5-2-15(3-6-17)16-4-7-18(21-13-16)20-12-14-8-10-22(11-9-14)19(23)24/h2-7,13-14H,8-12H2,1H3,(H,20,21)(H,23,24). The second kappa shape index (κ2) is 7.96. The Kier molecular flexibility index (Phi) is 5.65. The first kappa shape index (κ1) is 19.2. The molecule has 0 bridgehead atoms. The number of nitrogens with one attached hydrogen (secondary N) is 1. The normalized spacial score (nSPS) is 15.5. The van der Waals surface area contributed by atoms with E-state index in [0.29, 0.717) is 23.9 Å². The number of rotatable bonds is 5. The fourth-order valence-electron chi connectivity index (χ4n) is 3.14. The van der Waals surface area contributed by atoms with E-state index in [2.05, 4.69) is 10.3 Å². The van der Waals surface area contributed by atoms with Crippen molar-refractivity contribution < 1.29 is 18.3 Å². The SMILES string of the molecule is CS(=O)(=O)c1ccc(-c2ccc(NCC3CCN(C(=O)O)CC3)nc2)cc1. The summed E-state index contributed by atoms with van der Waals surface area (Å²) >= 11 is 0. The van der Waals surface area contributed by atoms with Gasteiger partial charge in [-0.15, -0.1) is 0 Å². The Hall–Kier alpha value is -2.61. The number of aromatic nitrogens is 1. The number of anilines is 1. The molecule has 0 radical (unpaired) electrons. The number of hydrogen-bond donors (Lipinski definition) is 2. The summed E-state index contributed by atoms with van der Waals surface area (Å²) in [6, 6.07) is 10.6. The van der Waals surface area contributed by atoms with Gasteiger partial charge in [-0.2, -0.15) is 0 Å². The van der Waals surface area contributed by atoms with E-state index in [0.717, 1.165) is 36.3 Å². The molecule has 1 saturated heterocycles. The smallest absolute Gasteiger partial charge is 0.407 e. The van der Waals surface area contributed by atoms with Crippen molar-refractivity contribution >= 4 is 21.7 Å². The van der Waals surface area contributed by atoms with Crippen molar-refractivity contribution in [1.82, 2.24) is 9.88 Å². The Morgan fingerprint density at radius 3 is 2.30 bits per heavy atom. The monoisotopic (exact) mass is 389 g/mol. The molecule has 0 aliphatic carbocycles. The summed E-state index contributed by atoms with van der Waals surface area (Å²) in [6.45, 7) is 1.93. The molecule has 1 aliphatic rings. The molecular weight excluding hydrogens is 366 g/mol. The predicted molar refractivity (Wildman–Crippen MR) is 104 cm³/mol. The van der Waals surface area contributed by atoms with Crippen LogP contribution in [0.3, 0.4) is 0 Å². The third kappa shape index (κ3) is 4.97. The van der Waals surface area contributed by atoms with Crippen molar-refractivity contribution in [2.45, 2.75) is 17.7 Å². The molecule has 2 aromatic rings. The van der Waals surface area contributed by atoms with Crippen molar-refractivity contribution in [3.63, 3.8) is 0 Å². The lowest BCUT2D eigenvalue weighted by Crippen LogP contribution is -2.39. The molecule has 2 N–H and O–H groups in total. The van der Waals surface area contributed by atoms with Crippen LogP contribution in [-0.4, -0.2) is 55.4 Å². The fourth-order valence-corrected chi connectivity index (χ4v) is 3.77. The molecule has 144 valence electrons.